The molecule has 0 radical (unpaired) electrons. The lowest BCUT2D eigenvalue weighted by Gasteiger charge is -2.10. The van der Waals surface area contributed by atoms with E-state index >= 15 is 0 Å². The molecule has 0 aliphatic rings. The van der Waals surface area contributed by atoms with Crippen molar-refractivity contribution in [2.75, 3.05) is 0 Å². The highest BCUT2D eigenvalue weighted by Crippen LogP contribution is 2.20. The fourth-order valence-electron chi connectivity index (χ4n) is 2.62. The molecule has 0 unspecified atom stereocenters. The van der Waals surface area contributed by atoms with Gasteiger partial charge in [-0.15, -0.1) is 0 Å². The van der Waals surface area contributed by atoms with Gasteiger partial charge in [0.1, 0.15) is 0 Å². The first-order valence-corrected chi connectivity index (χ1v) is 9.59. The van der Waals surface area contributed by atoms with Gasteiger partial charge in [-0.2, -0.15) is 0 Å². The predicted octanol–water partition coefficient (Wildman–Crippen LogP) is 5.29. The van der Waals surface area contributed by atoms with Gasteiger partial charge in [-0.25, -0.2) is 4.98 Å². The quantitative estimate of drug-likeness (QED) is 0.559. The molecule has 2 aromatic carbocycles. The van der Waals surface area contributed by atoms with Gasteiger partial charge in [-0.3, -0.25) is 9.36 Å². The maximum Gasteiger partial charge on any atom is 0.287 e. The van der Waals surface area contributed by atoms with Crippen LogP contribution in [0.3, 0.4) is 0 Å². The number of hydrogen-bond donors (Lipinski definition) is 0. The summed E-state index contributed by atoms with van der Waals surface area (Å²) >= 11 is 1.46. The van der Waals surface area contributed by atoms with Crippen LogP contribution in [0.25, 0.3) is 11.8 Å². The SMILES string of the molecule is C=Cc1ccc(CSc2nccn(-c3ccc(C(C)C)cc3)c2=O)cc1. The fraction of sp³-hybridized carbons (Fsp3) is 0.182. The molecular formula is C22H22N2OS. The lowest BCUT2D eigenvalue weighted by atomic mass is 10.0. The van der Waals surface area contributed by atoms with Gasteiger partial charge in [0.2, 0.25) is 0 Å². The Morgan fingerprint density at radius 1 is 1.12 bits per heavy atom. The minimum atomic E-state index is -0.0856. The Balaban J connectivity index is 1.80. The third-order valence-electron chi connectivity index (χ3n) is 4.24. The van der Waals surface area contributed by atoms with E-state index in [1.807, 2.05) is 30.3 Å². The van der Waals surface area contributed by atoms with Crippen LogP contribution in [-0.4, -0.2) is 9.55 Å². The molecule has 0 atom stereocenters. The van der Waals surface area contributed by atoms with E-state index in [1.54, 1.807) is 17.0 Å². The molecule has 0 saturated heterocycles. The van der Waals surface area contributed by atoms with Crippen LogP contribution in [0.2, 0.25) is 0 Å². The molecule has 0 amide bonds. The lowest BCUT2D eigenvalue weighted by Crippen LogP contribution is -2.20. The number of aromatic nitrogens is 2. The topological polar surface area (TPSA) is 34.9 Å². The van der Waals surface area contributed by atoms with Crippen molar-refractivity contribution in [2.45, 2.75) is 30.5 Å². The van der Waals surface area contributed by atoms with Crippen molar-refractivity contribution in [1.82, 2.24) is 9.55 Å². The number of thioether (sulfide) groups is 1. The van der Waals surface area contributed by atoms with Gasteiger partial charge in [-0.1, -0.05) is 74.7 Å². The largest absolute Gasteiger partial charge is 0.287 e. The number of benzene rings is 2. The van der Waals surface area contributed by atoms with E-state index in [0.29, 0.717) is 16.7 Å². The average molecular weight is 362 g/mol. The first kappa shape index (κ1) is 18.2. The standard InChI is InChI=1S/C22H22N2OS/c1-4-17-5-7-18(8-6-17)15-26-21-22(25)24(14-13-23-21)20-11-9-19(10-12-20)16(2)3/h4-14,16H,1,15H2,2-3H3. The summed E-state index contributed by atoms with van der Waals surface area (Å²) in [5.74, 6) is 1.17. The van der Waals surface area contributed by atoms with Crippen LogP contribution in [0.5, 0.6) is 0 Å². The van der Waals surface area contributed by atoms with Gasteiger partial charge in [0.15, 0.2) is 5.03 Å². The normalized spacial score (nSPS) is 10.9. The van der Waals surface area contributed by atoms with Crippen molar-refractivity contribution in [1.29, 1.82) is 0 Å². The third kappa shape index (κ3) is 4.14. The molecule has 0 N–H and O–H groups in total. The van der Waals surface area contributed by atoms with Crippen molar-refractivity contribution in [3.8, 4) is 5.69 Å². The summed E-state index contributed by atoms with van der Waals surface area (Å²) in [6, 6.07) is 16.3. The highest BCUT2D eigenvalue weighted by molar-refractivity contribution is 7.98. The lowest BCUT2D eigenvalue weighted by molar-refractivity contribution is 0.857. The number of nitrogens with zero attached hydrogens (tertiary/aromatic N) is 2. The molecule has 1 heterocycles. The molecule has 3 rings (SSSR count). The summed E-state index contributed by atoms with van der Waals surface area (Å²) in [5, 5.41) is 0.508. The van der Waals surface area contributed by atoms with Crippen LogP contribution in [0.4, 0.5) is 0 Å². The molecular weight excluding hydrogens is 340 g/mol. The summed E-state index contributed by atoms with van der Waals surface area (Å²) in [7, 11) is 0. The minimum Gasteiger partial charge on any atom is -0.280 e. The van der Waals surface area contributed by atoms with Gasteiger partial charge in [0.25, 0.3) is 5.56 Å². The van der Waals surface area contributed by atoms with Gasteiger partial charge in [0, 0.05) is 23.8 Å². The third-order valence-corrected chi connectivity index (χ3v) is 5.27. The molecule has 0 fully saturated rings. The molecule has 0 saturated carbocycles. The molecule has 0 aliphatic carbocycles. The number of rotatable bonds is 6. The molecule has 3 aromatic rings. The average Bonchev–Trinajstić information content (AvgIpc) is 2.67. The van der Waals surface area contributed by atoms with Crippen molar-refractivity contribution < 1.29 is 0 Å². The van der Waals surface area contributed by atoms with Crippen molar-refractivity contribution in [3.05, 3.63) is 94.5 Å². The van der Waals surface area contributed by atoms with Crippen molar-refractivity contribution in [3.63, 3.8) is 0 Å². The molecule has 26 heavy (non-hydrogen) atoms. The van der Waals surface area contributed by atoms with E-state index < -0.39 is 0 Å². The maximum absolute atomic E-state index is 12.8. The van der Waals surface area contributed by atoms with Crippen LogP contribution in [0.1, 0.15) is 36.5 Å². The van der Waals surface area contributed by atoms with Crippen LogP contribution < -0.4 is 5.56 Å². The predicted molar refractivity (Wildman–Crippen MR) is 110 cm³/mol. The van der Waals surface area contributed by atoms with E-state index in [1.165, 1.54) is 17.3 Å². The van der Waals surface area contributed by atoms with Gasteiger partial charge in [-0.05, 0) is 34.7 Å². The summed E-state index contributed by atoms with van der Waals surface area (Å²) < 4.78 is 1.65. The van der Waals surface area contributed by atoms with Crippen LogP contribution in [-0.2, 0) is 5.75 Å². The van der Waals surface area contributed by atoms with Gasteiger partial charge < -0.3 is 0 Å². The highest BCUT2D eigenvalue weighted by Gasteiger charge is 2.08. The van der Waals surface area contributed by atoms with Crippen LogP contribution >= 0.6 is 11.8 Å². The molecule has 132 valence electrons. The Hall–Kier alpha value is -2.59. The molecule has 4 heteroatoms. The van der Waals surface area contributed by atoms with E-state index in [4.69, 9.17) is 0 Å². The van der Waals surface area contributed by atoms with Crippen LogP contribution in [0.15, 0.2) is 77.3 Å². The zero-order chi connectivity index (χ0) is 18.5. The summed E-state index contributed by atoms with van der Waals surface area (Å²) in [4.78, 5) is 17.0. The Labute approximate surface area is 158 Å². The second-order valence-electron chi connectivity index (χ2n) is 6.39. The summed E-state index contributed by atoms with van der Waals surface area (Å²) in [6.07, 6.45) is 5.22. The first-order chi connectivity index (χ1) is 12.6. The van der Waals surface area contributed by atoms with Gasteiger partial charge >= 0.3 is 0 Å². The van der Waals surface area contributed by atoms with E-state index in [9.17, 15) is 4.79 Å². The summed E-state index contributed by atoms with van der Waals surface area (Å²) in [5.41, 5.74) is 4.27. The Morgan fingerprint density at radius 2 is 1.81 bits per heavy atom. The van der Waals surface area contributed by atoms with E-state index in [-0.39, 0.29) is 5.56 Å². The zero-order valence-corrected chi connectivity index (χ0v) is 15.9. The number of hydrogen-bond acceptors (Lipinski definition) is 3. The highest BCUT2D eigenvalue weighted by atomic mass is 32.2. The smallest absolute Gasteiger partial charge is 0.280 e. The van der Waals surface area contributed by atoms with Crippen molar-refractivity contribution >= 4 is 17.8 Å². The molecule has 0 bridgehead atoms. The second kappa shape index (κ2) is 8.19. The molecule has 3 nitrogen and oxygen atoms in total. The Morgan fingerprint density at radius 3 is 2.42 bits per heavy atom. The maximum atomic E-state index is 12.8. The second-order valence-corrected chi connectivity index (χ2v) is 7.35. The zero-order valence-electron chi connectivity index (χ0n) is 15.1. The van der Waals surface area contributed by atoms with Crippen molar-refractivity contribution in [2.24, 2.45) is 0 Å². The Kier molecular flexibility index (Phi) is 5.74. The first-order valence-electron chi connectivity index (χ1n) is 8.60. The monoisotopic (exact) mass is 362 g/mol. The molecule has 0 spiro atoms. The molecule has 0 aliphatic heterocycles. The molecule has 1 aromatic heterocycles. The Bertz CT molecular complexity index is 941. The fourth-order valence-corrected chi connectivity index (χ4v) is 3.47. The summed E-state index contributed by atoms with van der Waals surface area (Å²) in [6.45, 7) is 8.07. The van der Waals surface area contributed by atoms with E-state index in [2.05, 4.69) is 49.7 Å². The van der Waals surface area contributed by atoms with Gasteiger partial charge in [0.05, 0.1) is 0 Å². The van der Waals surface area contributed by atoms with Crippen LogP contribution in [0, 0.1) is 0 Å². The van der Waals surface area contributed by atoms with E-state index in [0.717, 1.165) is 16.8 Å². The minimum absolute atomic E-state index is 0.0856.